The second kappa shape index (κ2) is 4.05. The number of carbonyl (C=O) groups is 3. The van der Waals surface area contributed by atoms with E-state index in [0.717, 1.165) is 13.1 Å². The van der Waals surface area contributed by atoms with Crippen molar-refractivity contribution in [1.82, 2.24) is 10.2 Å². The van der Waals surface area contributed by atoms with Crippen molar-refractivity contribution in [3.8, 4) is 0 Å². The van der Waals surface area contributed by atoms with Gasteiger partial charge in [0.15, 0.2) is 0 Å². The molecule has 0 atom stereocenters. The number of nitrogens with one attached hydrogen (secondary N) is 1. The van der Waals surface area contributed by atoms with Gasteiger partial charge in [-0.15, -0.1) is 0 Å². The molecule has 1 aliphatic carbocycles. The number of hydrogen-bond acceptors (Lipinski definition) is 4. The fourth-order valence-electron chi connectivity index (χ4n) is 2.23. The third-order valence-electron chi connectivity index (χ3n) is 3.16. The smallest absolute Gasteiger partial charge is 0.221 e. The van der Waals surface area contributed by atoms with Crippen molar-refractivity contribution in [2.45, 2.75) is 6.92 Å². The topological polar surface area (TPSA) is 66.2 Å². The lowest BCUT2D eigenvalue weighted by atomic mass is 9.90. The van der Waals surface area contributed by atoms with E-state index in [0.29, 0.717) is 16.8 Å². The molecule has 1 heterocycles. The molecule has 1 aromatic rings. The lowest BCUT2D eigenvalue weighted by molar-refractivity contribution is -0.118. The Morgan fingerprint density at radius 1 is 1.11 bits per heavy atom. The van der Waals surface area contributed by atoms with Gasteiger partial charge in [-0.05, 0) is 0 Å². The Morgan fingerprint density at radius 3 is 2.21 bits per heavy atom. The third kappa shape index (κ3) is 1.83. The zero-order valence-corrected chi connectivity index (χ0v) is 10.4. The summed E-state index contributed by atoms with van der Waals surface area (Å²) in [5.41, 5.74) is 1.18. The van der Waals surface area contributed by atoms with Crippen molar-refractivity contribution < 1.29 is 14.4 Å². The Morgan fingerprint density at radius 2 is 1.68 bits per heavy atom. The van der Waals surface area contributed by atoms with E-state index < -0.39 is 0 Å². The maximum absolute atomic E-state index is 12.4. The minimum Gasteiger partial charge on any atom is -0.363 e. The van der Waals surface area contributed by atoms with Gasteiger partial charge in [0.25, 0.3) is 0 Å². The molecule has 2 aliphatic rings. The molecule has 5 nitrogen and oxygen atoms in total. The molecule has 3 rings (SSSR count). The monoisotopic (exact) mass is 256 g/mol. The van der Waals surface area contributed by atoms with Crippen LogP contribution in [0, 0.1) is 0 Å². The Bertz CT molecular complexity index is 642. The predicted molar refractivity (Wildman–Crippen MR) is 67.5 cm³/mol. The number of benzene rings is 1. The van der Waals surface area contributed by atoms with Gasteiger partial charge in [0, 0.05) is 31.1 Å². The summed E-state index contributed by atoms with van der Waals surface area (Å²) < 4.78 is 0. The van der Waals surface area contributed by atoms with E-state index in [1.807, 2.05) is 0 Å². The second-order valence-electron chi connectivity index (χ2n) is 4.60. The first-order valence-electron chi connectivity index (χ1n) is 6.05. The van der Waals surface area contributed by atoms with Crippen LogP contribution in [0.1, 0.15) is 27.6 Å². The Balaban J connectivity index is 2.17. The molecular formula is C14H12N2O3. The van der Waals surface area contributed by atoms with Crippen LogP contribution in [0.15, 0.2) is 35.7 Å². The quantitative estimate of drug-likeness (QED) is 0.792. The van der Waals surface area contributed by atoms with E-state index >= 15 is 0 Å². The van der Waals surface area contributed by atoms with Gasteiger partial charge in [-0.2, -0.15) is 0 Å². The molecule has 0 radical (unpaired) electrons. The van der Waals surface area contributed by atoms with Crippen molar-refractivity contribution >= 4 is 17.5 Å². The van der Waals surface area contributed by atoms with Crippen LogP contribution in [0.5, 0.6) is 0 Å². The van der Waals surface area contributed by atoms with Gasteiger partial charge in [-0.25, -0.2) is 0 Å². The van der Waals surface area contributed by atoms with Crippen LogP contribution in [0.3, 0.4) is 0 Å². The number of Topliss-reactive ketones (excluding diaryl/α,β-unsaturated/α-hetero) is 2. The van der Waals surface area contributed by atoms with Crippen molar-refractivity contribution in [2.24, 2.45) is 0 Å². The first-order valence-corrected chi connectivity index (χ1v) is 6.05. The van der Waals surface area contributed by atoms with Crippen LogP contribution in [-0.2, 0) is 4.79 Å². The second-order valence-corrected chi connectivity index (χ2v) is 4.60. The molecule has 0 bridgehead atoms. The molecule has 1 saturated heterocycles. The van der Waals surface area contributed by atoms with Crippen LogP contribution in [0.25, 0.3) is 0 Å². The lowest BCUT2D eigenvalue weighted by Crippen LogP contribution is -2.35. The van der Waals surface area contributed by atoms with Crippen molar-refractivity contribution in [3.63, 3.8) is 0 Å². The SMILES string of the molecule is CC(=O)NC1=C(N2CC2)C(=O)c2ccccc2C1=O. The standard InChI is InChI=1S/C14H12N2O3/c1-8(17)15-11-12(16-6-7-16)14(19)10-5-3-2-4-9(10)13(11)18/h2-5H,6-7H2,1H3,(H,15,17). The van der Waals surface area contributed by atoms with Gasteiger partial charge in [-0.1, -0.05) is 24.3 Å². The summed E-state index contributed by atoms with van der Waals surface area (Å²) in [6.45, 7) is 2.80. The first-order chi connectivity index (χ1) is 9.09. The predicted octanol–water partition coefficient (Wildman–Crippen LogP) is 0.729. The summed E-state index contributed by atoms with van der Waals surface area (Å²) in [5.74, 6) is -0.848. The molecule has 5 heteroatoms. The molecule has 1 N–H and O–H groups in total. The average molecular weight is 256 g/mol. The molecule has 0 saturated carbocycles. The van der Waals surface area contributed by atoms with Crippen LogP contribution in [0.4, 0.5) is 0 Å². The average Bonchev–Trinajstić information content (AvgIpc) is 3.20. The zero-order valence-electron chi connectivity index (χ0n) is 10.4. The molecular weight excluding hydrogens is 244 g/mol. The zero-order chi connectivity index (χ0) is 13.6. The summed E-state index contributed by atoms with van der Waals surface area (Å²) in [6, 6.07) is 6.69. The highest BCUT2D eigenvalue weighted by Crippen LogP contribution is 2.30. The van der Waals surface area contributed by atoms with Crippen molar-refractivity contribution in [2.75, 3.05) is 13.1 Å². The Labute approximate surface area is 109 Å². The van der Waals surface area contributed by atoms with E-state index in [9.17, 15) is 14.4 Å². The van der Waals surface area contributed by atoms with Gasteiger partial charge >= 0.3 is 0 Å². The van der Waals surface area contributed by atoms with Crippen molar-refractivity contribution in [1.29, 1.82) is 0 Å². The first kappa shape index (κ1) is 11.6. The van der Waals surface area contributed by atoms with Gasteiger partial charge < -0.3 is 10.2 Å². The van der Waals surface area contributed by atoms with Crippen LogP contribution in [0.2, 0.25) is 0 Å². The number of carbonyl (C=O) groups excluding carboxylic acids is 3. The van der Waals surface area contributed by atoms with E-state index in [1.165, 1.54) is 6.92 Å². The maximum atomic E-state index is 12.4. The molecule has 19 heavy (non-hydrogen) atoms. The summed E-state index contributed by atoms with van der Waals surface area (Å²) >= 11 is 0. The number of amides is 1. The van der Waals surface area contributed by atoms with E-state index in [2.05, 4.69) is 5.32 Å². The number of rotatable bonds is 2. The molecule has 1 amide bonds. The van der Waals surface area contributed by atoms with E-state index in [-0.39, 0.29) is 23.2 Å². The molecule has 1 aromatic carbocycles. The highest BCUT2D eigenvalue weighted by molar-refractivity contribution is 6.27. The minimum absolute atomic E-state index is 0.105. The largest absolute Gasteiger partial charge is 0.363 e. The number of allylic oxidation sites excluding steroid dienone is 2. The summed E-state index contributed by atoms with van der Waals surface area (Å²) in [7, 11) is 0. The Kier molecular flexibility index (Phi) is 2.48. The highest BCUT2D eigenvalue weighted by Gasteiger charge is 2.38. The maximum Gasteiger partial charge on any atom is 0.221 e. The number of hydrogen-bond donors (Lipinski definition) is 1. The van der Waals surface area contributed by atoms with Gasteiger partial charge in [0.2, 0.25) is 17.5 Å². The fourth-order valence-corrected chi connectivity index (χ4v) is 2.23. The molecule has 1 fully saturated rings. The highest BCUT2D eigenvalue weighted by atomic mass is 16.2. The molecule has 0 unspecified atom stereocenters. The van der Waals surface area contributed by atoms with E-state index in [4.69, 9.17) is 0 Å². The fraction of sp³-hybridized carbons (Fsp3) is 0.214. The molecule has 1 aliphatic heterocycles. The van der Waals surface area contributed by atoms with Gasteiger partial charge in [-0.3, -0.25) is 14.4 Å². The third-order valence-corrected chi connectivity index (χ3v) is 3.16. The number of fused-ring (bicyclic) bond motifs is 1. The van der Waals surface area contributed by atoms with Crippen LogP contribution < -0.4 is 5.32 Å². The summed E-state index contributed by atoms with van der Waals surface area (Å²) in [5, 5.41) is 2.50. The normalized spacial score (nSPS) is 17.4. The minimum atomic E-state index is -0.352. The lowest BCUT2D eigenvalue weighted by Gasteiger charge is -2.21. The van der Waals surface area contributed by atoms with E-state index in [1.54, 1.807) is 29.2 Å². The van der Waals surface area contributed by atoms with Crippen LogP contribution in [-0.4, -0.2) is 35.5 Å². The molecule has 0 spiro atoms. The Hall–Kier alpha value is -2.43. The van der Waals surface area contributed by atoms with Crippen molar-refractivity contribution in [3.05, 3.63) is 46.8 Å². The summed E-state index contributed by atoms with van der Waals surface area (Å²) in [6.07, 6.45) is 0. The molecule has 0 aromatic heterocycles. The van der Waals surface area contributed by atoms with Gasteiger partial charge in [0.1, 0.15) is 11.4 Å². The van der Waals surface area contributed by atoms with Crippen LogP contribution >= 0.6 is 0 Å². The van der Waals surface area contributed by atoms with Gasteiger partial charge in [0.05, 0.1) is 0 Å². The summed E-state index contributed by atoms with van der Waals surface area (Å²) in [4.78, 5) is 37.9. The number of nitrogens with zero attached hydrogens (tertiary/aromatic N) is 1. The molecule has 96 valence electrons. The number of ketones is 2.